The summed E-state index contributed by atoms with van der Waals surface area (Å²) < 4.78 is 10.9. The molecule has 1 saturated carbocycles. The average molecular weight is 614 g/mol. The van der Waals surface area contributed by atoms with Crippen LogP contribution in [0.4, 0.5) is 0 Å². The first-order valence-corrected chi connectivity index (χ1v) is 16.0. The molecule has 0 aliphatic heterocycles. The van der Waals surface area contributed by atoms with Crippen LogP contribution in [0.2, 0.25) is 0 Å². The maximum atomic E-state index is 14.2. The molecule has 8 heteroatoms. The Balaban J connectivity index is 2.36. The lowest BCUT2D eigenvalue weighted by atomic mass is 9.76. The number of ketones is 1. The third kappa shape index (κ3) is 9.01. The van der Waals surface area contributed by atoms with Crippen LogP contribution in [0, 0.1) is 29.1 Å². The third-order valence-corrected chi connectivity index (χ3v) is 9.47. The predicted octanol–water partition coefficient (Wildman–Crippen LogP) is 5.02. The second kappa shape index (κ2) is 16.1. The van der Waals surface area contributed by atoms with Crippen molar-refractivity contribution < 1.29 is 23.9 Å². The lowest BCUT2D eigenvalue weighted by molar-refractivity contribution is -0.141. The molecule has 0 radical (unpaired) electrons. The fourth-order valence-electron chi connectivity index (χ4n) is 6.83. The molecular formula is C36H59N3O5. The van der Waals surface area contributed by atoms with Crippen molar-refractivity contribution in [3.05, 3.63) is 47.5 Å². The molecule has 1 aliphatic carbocycles. The first-order valence-electron chi connectivity index (χ1n) is 16.0. The van der Waals surface area contributed by atoms with E-state index in [9.17, 15) is 14.4 Å². The van der Waals surface area contributed by atoms with Gasteiger partial charge in [0.05, 0.1) is 12.1 Å². The molecule has 5 atom stereocenters. The van der Waals surface area contributed by atoms with Gasteiger partial charge in [0, 0.05) is 45.8 Å². The Morgan fingerprint density at radius 3 is 1.91 bits per heavy atom. The molecule has 1 aliphatic rings. The summed E-state index contributed by atoms with van der Waals surface area (Å²) in [6, 6.07) is 8.23. The van der Waals surface area contributed by atoms with E-state index in [1.165, 1.54) is 0 Å². The number of rotatable bonds is 15. The number of allylic oxidation sites excluding steroid dienone is 1. The van der Waals surface area contributed by atoms with Crippen molar-refractivity contribution >= 4 is 17.6 Å². The summed E-state index contributed by atoms with van der Waals surface area (Å²) in [5.74, 6) is -0.170. The minimum Gasteiger partial charge on any atom is -0.384 e. The van der Waals surface area contributed by atoms with Crippen molar-refractivity contribution in [2.45, 2.75) is 91.8 Å². The molecule has 8 nitrogen and oxygen atoms in total. The summed E-state index contributed by atoms with van der Waals surface area (Å²) in [6.45, 7) is 17.0. The molecule has 1 fully saturated rings. The van der Waals surface area contributed by atoms with Gasteiger partial charge in [-0.1, -0.05) is 84.9 Å². The number of likely N-dealkylation sites (N-methyl/N-ethyl adjacent to an activating group) is 2. The number of ether oxygens (including phenoxy) is 2. The highest BCUT2D eigenvalue weighted by atomic mass is 16.5. The predicted molar refractivity (Wildman–Crippen MR) is 177 cm³/mol. The number of nitrogens with zero attached hydrogens (tertiary/aromatic N) is 1. The number of Topliss-reactive ketones (excluding diaryl/α,β-unsaturated/α-hetero) is 1. The SMILES string of the molecule is CN[C@H](C(=O)N[C@H](C(=O)N(C)[C@H](/C=C(\C)C(=O)C1[C@H](COC)CC[C@H]1COC)C(C)C)C(C)(C)C)C(C)(C)c1ccccc1. The minimum absolute atomic E-state index is 0.0400. The number of carbonyl (C=O) groups excluding carboxylic acids is 3. The zero-order valence-electron chi connectivity index (χ0n) is 29.3. The Labute approximate surface area is 266 Å². The van der Waals surface area contributed by atoms with Gasteiger partial charge in [0.1, 0.15) is 6.04 Å². The van der Waals surface area contributed by atoms with Crippen molar-refractivity contribution in [1.82, 2.24) is 15.5 Å². The molecule has 248 valence electrons. The van der Waals surface area contributed by atoms with Gasteiger partial charge in [-0.2, -0.15) is 0 Å². The molecular weight excluding hydrogens is 554 g/mol. The number of benzene rings is 1. The van der Waals surface area contributed by atoms with Crippen LogP contribution in [0.1, 0.15) is 73.8 Å². The Morgan fingerprint density at radius 1 is 0.955 bits per heavy atom. The first-order chi connectivity index (χ1) is 20.5. The first kappa shape index (κ1) is 37.6. The van der Waals surface area contributed by atoms with E-state index in [1.807, 2.05) is 91.8 Å². The van der Waals surface area contributed by atoms with Gasteiger partial charge < -0.3 is 25.0 Å². The largest absolute Gasteiger partial charge is 0.384 e. The molecule has 2 rings (SSSR count). The quantitative estimate of drug-likeness (QED) is 0.270. The Hall–Kier alpha value is -2.55. The lowest BCUT2D eigenvalue weighted by Gasteiger charge is -2.40. The molecule has 2 N–H and O–H groups in total. The van der Waals surface area contributed by atoms with E-state index in [2.05, 4.69) is 10.6 Å². The van der Waals surface area contributed by atoms with E-state index in [0.29, 0.717) is 18.8 Å². The number of hydrogen-bond acceptors (Lipinski definition) is 6. The molecule has 0 saturated heterocycles. The molecule has 0 heterocycles. The fourth-order valence-corrected chi connectivity index (χ4v) is 6.83. The van der Waals surface area contributed by atoms with E-state index < -0.39 is 22.9 Å². The number of carbonyl (C=O) groups is 3. The van der Waals surface area contributed by atoms with Gasteiger partial charge in [-0.3, -0.25) is 14.4 Å². The van der Waals surface area contributed by atoms with Gasteiger partial charge in [0.2, 0.25) is 11.8 Å². The monoisotopic (exact) mass is 613 g/mol. The van der Waals surface area contributed by atoms with E-state index in [4.69, 9.17) is 9.47 Å². The number of nitrogens with one attached hydrogen (secondary N) is 2. The summed E-state index contributed by atoms with van der Waals surface area (Å²) >= 11 is 0. The van der Waals surface area contributed by atoms with Crippen LogP contribution in [0.25, 0.3) is 0 Å². The van der Waals surface area contributed by atoms with Crippen molar-refractivity contribution in [1.29, 1.82) is 0 Å². The van der Waals surface area contributed by atoms with Crippen molar-refractivity contribution in [2.24, 2.45) is 29.1 Å². The zero-order chi connectivity index (χ0) is 33.4. The Morgan fingerprint density at radius 2 is 1.48 bits per heavy atom. The van der Waals surface area contributed by atoms with Crippen LogP contribution >= 0.6 is 0 Å². The molecule has 1 aromatic carbocycles. The minimum atomic E-state index is -0.778. The molecule has 0 spiro atoms. The van der Waals surface area contributed by atoms with Crippen molar-refractivity contribution in [2.75, 3.05) is 41.5 Å². The van der Waals surface area contributed by atoms with Gasteiger partial charge in [-0.15, -0.1) is 0 Å². The maximum absolute atomic E-state index is 14.2. The number of hydrogen-bond donors (Lipinski definition) is 2. The summed E-state index contributed by atoms with van der Waals surface area (Å²) in [5, 5.41) is 6.31. The normalized spacial score (nSPS) is 20.3. The van der Waals surface area contributed by atoms with E-state index in [1.54, 1.807) is 33.2 Å². The topological polar surface area (TPSA) is 97.0 Å². The average Bonchev–Trinajstić information content (AvgIpc) is 3.35. The summed E-state index contributed by atoms with van der Waals surface area (Å²) in [6.07, 6.45) is 3.80. The van der Waals surface area contributed by atoms with E-state index in [0.717, 1.165) is 18.4 Å². The van der Waals surface area contributed by atoms with Crippen LogP contribution < -0.4 is 10.6 Å². The summed E-state index contributed by atoms with van der Waals surface area (Å²) in [7, 11) is 6.89. The van der Waals surface area contributed by atoms with Crippen LogP contribution in [-0.2, 0) is 29.3 Å². The second-order valence-corrected chi connectivity index (χ2v) is 14.5. The zero-order valence-corrected chi connectivity index (χ0v) is 29.3. The maximum Gasteiger partial charge on any atom is 0.245 e. The molecule has 0 unspecified atom stereocenters. The van der Waals surface area contributed by atoms with Gasteiger partial charge in [-0.05, 0) is 61.1 Å². The molecule has 44 heavy (non-hydrogen) atoms. The van der Waals surface area contributed by atoms with E-state index in [-0.39, 0.29) is 47.3 Å². The molecule has 0 aromatic heterocycles. The van der Waals surface area contributed by atoms with Crippen LogP contribution in [0.15, 0.2) is 42.0 Å². The third-order valence-electron chi connectivity index (χ3n) is 9.47. The van der Waals surface area contributed by atoms with Crippen molar-refractivity contribution in [3.8, 4) is 0 Å². The van der Waals surface area contributed by atoms with E-state index >= 15 is 0 Å². The van der Waals surface area contributed by atoms with Gasteiger partial charge in [-0.25, -0.2) is 0 Å². The smallest absolute Gasteiger partial charge is 0.245 e. The van der Waals surface area contributed by atoms with Gasteiger partial charge in [0.15, 0.2) is 5.78 Å². The summed E-state index contributed by atoms with van der Waals surface area (Å²) in [4.78, 5) is 43.6. The Bertz CT molecular complexity index is 1110. The van der Waals surface area contributed by atoms with Crippen LogP contribution in [0.5, 0.6) is 0 Å². The standard InChI is InChI=1S/C36H59N3O5/c1-23(2)28(20-24(3)30(40)29-25(21-43-11)18-19-26(29)22-44-12)39(10)34(42)32(35(4,5)6)38-33(41)31(37-9)36(7,8)27-16-14-13-15-17-27/h13-17,20,23,25-26,28-29,31-32,37H,18-19,21-22H2,1-12H3,(H,38,41)/b24-20+/t25-,26-,28+,31+,32+/m0/s1. The van der Waals surface area contributed by atoms with Gasteiger partial charge in [0.25, 0.3) is 0 Å². The highest BCUT2D eigenvalue weighted by Crippen LogP contribution is 2.39. The van der Waals surface area contributed by atoms with Crippen LogP contribution in [-0.4, -0.2) is 82.2 Å². The number of amides is 2. The molecule has 0 bridgehead atoms. The summed E-state index contributed by atoms with van der Waals surface area (Å²) in [5.41, 5.74) is 0.586. The molecule has 1 aromatic rings. The highest BCUT2D eigenvalue weighted by molar-refractivity contribution is 5.97. The van der Waals surface area contributed by atoms with Crippen molar-refractivity contribution in [3.63, 3.8) is 0 Å². The van der Waals surface area contributed by atoms with Gasteiger partial charge >= 0.3 is 0 Å². The fraction of sp³-hybridized carbons (Fsp3) is 0.694. The van der Waals surface area contributed by atoms with Crippen LogP contribution in [0.3, 0.4) is 0 Å². The second-order valence-electron chi connectivity index (χ2n) is 14.5. The lowest BCUT2D eigenvalue weighted by Crippen LogP contribution is -2.61. The highest BCUT2D eigenvalue weighted by Gasteiger charge is 2.43. The number of methoxy groups -OCH3 is 2. The Kier molecular flexibility index (Phi) is 13.8. The molecule has 2 amide bonds.